The molecule has 0 aromatic carbocycles. The first-order valence-corrected chi connectivity index (χ1v) is 5.03. The fourth-order valence-electron chi connectivity index (χ4n) is 1.04. The number of rotatable bonds is 5. The van der Waals surface area contributed by atoms with Crippen molar-refractivity contribution in [2.75, 3.05) is 0 Å². The van der Waals surface area contributed by atoms with Gasteiger partial charge in [0.05, 0.1) is 0 Å². The Labute approximate surface area is 137 Å². The van der Waals surface area contributed by atoms with Crippen molar-refractivity contribution in [3.63, 3.8) is 0 Å². The topological polar surface area (TPSA) is 26.3 Å². The Morgan fingerprint density at radius 2 is 1.69 bits per heavy atom. The molecule has 0 fully saturated rings. The standard InChI is InChI=1S/C9H17BF3O2.K/c1-9(2,3)15-8(14)6-4-5-7-10(11,12)13;/h4-7H2,1-3H3;/q-1;+1. The first-order chi connectivity index (χ1) is 6.60. The first-order valence-electron chi connectivity index (χ1n) is 5.03. The van der Waals surface area contributed by atoms with Crippen molar-refractivity contribution in [1.29, 1.82) is 0 Å². The molecule has 0 saturated carbocycles. The number of hydrogen-bond acceptors (Lipinski definition) is 2. The molecule has 0 aromatic heterocycles. The van der Waals surface area contributed by atoms with E-state index in [1.54, 1.807) is 20.8 Å². The second-order valence-corrected chi connectivity index (χ2v) is 4.54. The summed E-state index contributed by atoms with van der Waals surface area (Å²) in [4.78, 5) is 11.1. The van der Waals surface area contributed by atoms with Gasteiger partial charge in [-0.3, -0.25) is 4.79 Å². The fraction of sp³-hybridized carbons (Fsp3) is 0.889. The van der Waals surface area contributed by atoms with Crippen LogP contribution in [-0.4, -0.2) is 18.5 Å². The van der Waals surface area contributed by atoms with Crippen LogP contribution >= 0.6 is 0 Å². The molecule has 0 heterocycles. The average Bonchev–Trinajstić information content (AvgIpc) is 1.92. The molecule has 0 aliphatic rings. The minimum absolute atomic E-state index is 0. The summed E-state index contributed by atoms with van der Waals surface area (Å²) < 4.78 is 40.3. The smallest absolute Gasteiger partial charge is 0.460 e. The summed E-state index contributed by atoms with van der Waals surface area (Å²) in [6, 6.07) is 0. The van der Waals surface area contributed by atoms with Gasteiger partial charge >= 0.3 is 64.3 Å². The van der Waals surface area contributed by atoms with Gasteiger partial charge in [-0.05, 0) is 27.2 Å². The van der Waals surface area contributed by atoms with Gasteiger partial charge in [0.15, 0.2) is 0 Å². The van der Waals surface area contributed by atoms with Crippen molar-refractivity contribution >= 4 is 12.9 Å². The van der Waals surface area contributed by atoms with Gasteiger partial charge in [0.25, 0.3) is 0 Å². The Balaban J connectivity index is 0. The molecule has 0 unspecified atom stereocenters. The molecule has 0 aliphatic heterocycles. The van der Waals surface area contributed by atoms with Crippen molar-refractivity contribution in [2.24, 2.45) is 0 Å². The van der Waals surface area contributed by atoms with Crippen LogP contribution in [0.3, 0.4) is 0 Å². The molecule has 0 spiro atoms. The van der Waals surface area contributed by atoms with E-state index in [1.165, 1.54) is 0 Å². The number of halogens is 3. The van der Waals surface area contributed by atoms with Crippen LogP contribution in [0.5, 0.6) is 0 Å². The van der Waals surface area contributed by atoms with E-state index in [2.05, 4.69) is 0 Å². The third kappa shape index (κ3) is 15.0. The maximum atomic E-state index is 11.8. The van der Waals surface area contributed by atoms with Crippen molar-refractivity contribution in [2.45, 2.75) is 52.0 Å². The number of ether oxygens (including phenoxy) is 1. The van der Waals surface area contributed by atoms with Crippen LogP contribution in [0.15, 0.2) is 0 Å². The maximum Gasteiger partial charge on any atom is 1.00 e. The van der Waals surface area contributed by atoms with Crippen molar-refractivity contribution in [3.05, 3.63) is 0 Å². The molecule has 0 atom stereocenters. The third-order valence-corrected chi connectivity index (χ3v) is 1.58. The molecular weight excluding hydrogens is 247 g/mol. The Hall–Kier alpha value is 0.961. The molecule has 0 aliphatic carbocycles. The molecule has 0 amide bonds. The van der Waals surface area contributed by atoms with Crippen LogP contribution < -0.4 is 51.4 Å². The van der Waals surface area contributed by atoms with Crippen molar-refractivity contribution < 1.29 is 73.9 Å². The van der Waals surface area contributed by atoms with Gasteiger partial charge < -0.3 is 17.7 Å². The zero-order chi connectivity index (χ0) is 12.1. The van der Waals surface area contributed by atoms with E-state index in [9.17, 15) is 17.7 Å². The summed E-state index contributed by atoms with van der Waals surface area (Å²) >= 11 is 0. The van der Waals surface area contributed by atoms with Crippen LogP contribution in [0.4, 0.5) is 12.9 Å². The van der Waals surface area contributed by atoms with Crippen LogP contribution in [-0.2, 0) is 9.53 Å². The van der Waals surface area contributed by atoms with Gasteiger partial charge in [0.1, 0.15) is 5.60 Å². The predicted molar refractivity (Wildman–Crippen MR) is 53.6 cm³/mol. The molecule has 2 nitrogen and oxygen atoms in total. The largest absolute Gasteiger partial charge is 1.00 e. The Kier molecular flexibility index (Phi) is 9.81. The molecule has 0 bridgehead atoms. The summed E-state index contributed by atoms with van der Waals surface area (Å²) in [5, 5.41) is 0. The number of hydrogen-bond donors (Lipinski definition) is 0. The number of unbranched alkanes of at least 4 members (excludes halogenated alkanes) is 1. The molecule has 16 heavy (non-hydrogen) atoms. The molecule has 0 radical (unpaired) electrons. The van der Waals surface area contributed by atoms with Gasteiger partial charge in [-0.1, -0.05) is 12.7 Å². The van der Waals surface area contributed by atoms with Gasteiger partial charge in [-0.15, -0.1) is 0 Å². The minimum atomic E-state index is -4.71. The molecule has 0 N–H and O–H groups in total. The summed E-state index contributed by atoms with van der Waals surface area (Å²) in [6.45, 7) is 0.463. The minimum Gasteiger partial charge on any atom is -0.460 e. The quantitative estimate of drug-likeness (QED) is 0.407. The first kappa shape index (κ1) is 19.3. The van der Waals surface area contributed by atoms with Crippen molar-refractivity contribution in [3.8, 4) is 0 Å². The van der Waals surface area contributed by atoms with Gasteiger partial charge in [-0.25, -0.2) is 0 Å². The monoisotopic (exact) mass is 264 g/mol. The Morgan fingerprint density at radius 3 is 2.06 bits per heavy atom. The molecule has 0 aromatic rings. The summed E-state index contributed by atoms with van der Waals surface area (Å²) in [5.41, 5.74) is -0.564. The Bertz CT molecular complexity index is 214. The normalized spacial score (nSPS) is 11.9. The van der Waals surface area contributed by atoms with E-state index >= 15 is 0 Å². The number of esters is 1. The van der Waals surface area contributed by atoms with E-state index in [1.807, 2.05) is 0 Å². The van der Waals surface area contributed by atoms with E-state index in [-0.39, 0.29) is 70.6 Å². The van der Waals surface area contributed by atoms with Crippen LogP contribution in [0.1, 0.15) is 40.0 Å². The van der Waals surface area contributed by atoms with E-state index in [4.69, 9.17) is 4.74 Å². The summed E-state index contributed by atoms with van der Waals surface area (Å²) in [5.74, 6) is -0.433. The maximum absolute atomic E-state index is 11.8. The molecular formula is C9H17BF3KO2. The number of carbonyl (C=O) groups is 1. The van der Waals surface area contributed by atoms with Crippen LogP contribution in [0.25, 0.3) is 0 Å². The summed E-state index contributed by atoms with van der Waals surface area (Å²) in [7, 11) is 0. The summed E-state index contributed by atoms with van der Waals surface area (Å²) in [6.07, 6.45) is -0.481. The van der Waals surface area contributed by atoms with E-state index in [0.717, 1.165) is 0 Å². The zero-order valence-electron chi connectivity index (χ0n) is 10.4. The average molecular weight is 264 g/mol. The molecule has 0 saturated heterocycles. The second-order valence-electron chi connectivity index (χ2n) is 4.54. The second kappa shape index (κ2) is 8.13. The fourth-order valence-corrected chi connectivity index (χ4v) is 1.04. The van der Waals surface area contributed by atoms with Crippen molar-refractivity contribution in [1.82, 2.24) is 0 Å². The Morgan fingerprint density at radius 1 is 1.19 bits per heavy atom. The van der Waals surface area contributed by atoms with E-state index in [0.29, 0.717) is 0 Å². The van der Waals surface area contributed by atoms with Gasteiger partial charge in [0, 0.05) is 6.42 Å². The molecule has 90 valence electrons. The van der Waals surface area contributed by atoms with Crippen LogP contribution in [0.2, 0.25) is 6.32 Å². The van der Waals surface area contributed by atoms with Gasteiger partial charge in [0.2, 0.25) is 0 Å². The third-order valence-electron chi connectivity index (χ3n) is 1.58. The molecule has 0 rings (SSSR count). The van der Waals surface area contributed by atoms with Gasteiger partial charge in [-0.2, -0.15) is 0 Å². The van der Waals surface area contributed by atoms with Crippen LogP contribution in [0, 0.1) is 0 Å². The molecule has 7 heteroatoms. The number of carbonyl (C=O) groups excluding carboxylic acids is 1. The predicted octanol–water partition coefficient (Wildman–Crippen LogP) is 0.350. The SMILES string of the molecule is CC(C)(C)OC(=O)CCCC[B-](F)(F)F.[K+]. The van der Waals surface area contributed by atoms with E-state index < -0.39 is 24.9 Å². The zero-order valence-corrected chi connectivity index (χ0v) is 13.5.